The first-order valence-corrected chi connectivity index (χ1v) is 10.6. The Morgan fingerprint density at radius 2 is 1.88 bits per heavy atom. The van der Waals surface area contributed by atoms with Crippen molar-refractivity contribution >= 4 is 11.9 Å². The predicted molar refractivity (Wildman–Crippen MR) is 112 cm³/mol. The van der Waals surface area contributed by atoms with Crippen molar-refractivity contribution in [1.29, 1.82) is 0 Å². The van der Waals surface area contributed by atoms with E-state index in [-0.39, 0.29) is 11.9 Å². The SMILES string of the molecule is CCCCCN1CC[C@@H](CCOc2cccc(C(F)(F)F)c2)[C@@H](OC)C1.O=C(O)C(=O)O. The number of piperidine rings is 1. The lowest BCUT2D eigenvalue weighted by Gasteiger charge is -2.37. The second-order valence-corrected chi connectivity index (χ2v) is 7.60. The number of unbranched alkanes of at least 4 members (excludes halogenated alkanes) is 2. The van der Waals surface area contributed by atoms with E-state index in [1.165, 1.54) is 25.3 Å². The molecule has 1 aromatic rings. The molecule has 0 spiro atoms. The van der Waals surface area contributed by atoms with Crippen molar-refractivity contribution in [2.45, 2.75) is 51.3 Å². The molecule has 2 rings (SSSR count). The minimum atomic E-state index is -4.34. The lowest BCUT2D eigenvalue weighted by atomic mass is 9.90. The minimum Gasteiger partial charge on any atom is -0.494 e. The highest BCUT2D eigenvalue weighted by atomic mass is 19.4. The highest BCUT2D eigenvalue weighted by Crippen LogP contribution is 2.31. The third-order valence-corrected chi connectivity index (χ3v) is 5.26. The molecule has 1 saturated heterocycles. The number of alkyl halides is 3. The molecule has 2 atom stereocenters. The second kappa shape index (κ2) is 13.9. The summed E-state index contributed by atoms with van der Waals surface area (Å²) in [5.41, 5.74) is -0.676. The number of likely N-dealkylation sites (tertiary alicyclic amines) is 1. The Bertz CT molecular complexity index is 701. The number of aliphatic carboxylic acids is 2. The van der Waals surface area contributed by atoms with Crippen LogP contribution in [0.2, 0.25) is 0 Å². The van der Waals surface area contributed by atoms with Crippen molar-refractivity contribution in [3.8, 4) is 5.75 Å². The Balaban J connectivity index is 0.000000751. The first kappa shape index (κ1) is 27.7. The zero-order valence-corrected chi connectivity index (χ0v) is 18.4. The van der Waals surface area contributed by atoms with Crippen LogP contribution in [0.4, 0.5) is 13.2 Å². The van der Waals surface area contributed by atoms with Gasteiger partial charge in [0.1, 0.15) is 5.75 Å². The quantitative estimate of drug-likeness (QED) is 0.419. The molecular formula is C22H32F3NO6. The van der Waals surface area contributed by atoms with Gasteiger partial charge in [0.2, 0.25) is 0 Å². The highest BCUT2D eigenvalue weighted by Gasteiger charge is 2.31. The van der Waals surface area contributed by atoms with Crippen LogP contribution < -0.4 is 4.74 Å². The van der Waals surface area contributed by atoms with Crippen LogP contribution in [0.5, 0.6) is 5.75 Å². The van der Waals surface area contributed by atoms with E-state index in [0.717, 1.165) is 44.6 Å². The van der Waals surface area contributed by atoms with Gasteiger partial charge in [-0.25, -0.2) is 9.59 Å². The minimum absolute atomic E-state index is 0.162. The lowest BCUT2D eigenvalue weighted by Crippen LogP contribution is -2.45. The maximum atomic E-state index is 12.7. The van der Waals surface area contributed by atoms with Crippen LogP contribution in [0.25, 0.3) is 0 Å². The molecule has 0 unspecified atom stereocenters. The number of ether oxygens (including phenoxy) is 2. The van der Waals surface area contributed by atoms with Gasteiger partial charge in [-0.1, -0.05) is 25.8 Å². The van der Waals surface area contributed by atoms with Crippen LogP contribution in [0, 0.1) is 5.92 Å². The van der Waals surface area contributed by atoms with Crippen molar-refractivity contribution in [2.75, 3.05) is 33.4 Å². The maximum Gasteiger partial charge on any atom is 0.416 e. The van der Waals surface area contributed by atoms with Gasteiger partial charge in [0, 0.05) is 13.7 Å². The molecule has 0 aliphatic carbocycles. The third kappa shape index (κ3) is 10.3. The Hall–Kier alpha value is -2.33. The smallest absolute Gasteiger partial charge is 0.416 e. The average molecular weight is 463 g/mol. The predicted octanol–water partition coefficient (Wildman–Crippen LogP) is 4.16. The summed E-state index contributed by atoms with van der Waals surface area (Å²) < 4.78 is 49.5. The van der Waals surface area contributed by atoms with Gasteiger partial charge in [0.05, 0.1) is 18.3 Å². The first-order valence-electron chi connectivity index (χ1n) is 10.6. The average Bonchev–Trinajstić information content (AvgIpc) is 2.74. The third-order valence-electron chi connectivity index (χ3n) is 5.26. The Labute approximate surface area is 186 Å². The molecule has 2 N–H and O–H groups in total. The largest absolute Gasteiger partial charge is 0.494 e. The van der Waals surface area contributed by atoms with Crippen LogP contribution in [-0.2, 0) is 20.5 Å². The molecule has 1 aliphatic rings. The molecule has 0 radical (unpaired) electrons. The van der Waals surface area contributed by atoms with Gasteiger partial charge >= 0.3 is 18.1 Å². The fraction of sp³-hybridized carbons (Fsp3) is 0.636. The summed E-state index contributed by atoms with van der Waals surface area (Å²) in [7, 11) is 1.74. The summed E-state index contributed by atoms with van der Waals surface area (Å²) in [6.45, 7) is 5.70. The van der Waals surface area contributed by atoms with Crippen LogP contribution in [-0.4, -0.2) is 66.5 Å². The number of benzene rings is 1. The number of carboxylic acid groups (broad SMARTS) is 2. The van der Waals surface area contributed by atoms with E-state index in [1.54, 1.807) is 13.2 Å². The van der Waals surface area contributed by atoms with Crippen molar-refractivity contribution in [1.82, 2.24) is 4.90 Å². The van der Waals surface area contributed by atoms with Gasteiger partial charge in [-0.3, -0.25) is 0 Å². The summed E-state index contributed by atoms with van der Waals surface area (Å²) in [6.07, 6.45) is 1.34. The van der Waals surface area contributed by atoms with Crippen molar-refractivity contribution < 1.29 is 42.4 Å². The summed E-state index contributed by atoms with van der Waals surface area (Å²) in [4.78, 5) is 20.7. The number of halogens is 3. The molecule has 32 heavy (non-hydrogen) atoms. The summed E-state index contributed by atoms with van der Waals surface area (Å²) in [6, 6.07) is 5.07. The van der Waals surface area contributed by atoms with Crippen LogP contribution >= 0.6 is 0 Å². The molecular weight excluding hydrogens is 431 g/mol. The summed E-state index contributed by atoms with van der Waals surface area (Å²) in [5.74, 6) is -3.00. The van der Waals surface area contributed by atoms with Crippen molar-refractivity contribution in [3.63, 3.8) is 0 Å². The Morgan fingerprint density at radius 1 is 1.19 bits per heavy atom. The maximum absolute atomic E-state index is 12.7. The molecule has 182 valence electrons. The molecule has 1 aliphatic heterocycles. The summed E-state index contributed by atoms with van der Waals surface area (Å²) >= 11 is 0. The van der Waals surface area contributed by atoms with Gasteiger partial charge in [-0.05, 0) is 56.5 Å². The normalized spacial score (nSPS) is 19.0. The van der Waals surface area contributed by atoms with Crippen LogP contribution in [0.3, 0.4) is 0 Å². The molecule has 0 amide bonds. The monoisotopic (exact) mass is 463 g/mol. The molecule has 10 heteroatoms. The molecule has 1 fully saturated rings. The van der Waals surface area contributed by atoms with E-state index >= 15 is 0 Å². The lowest BCUT2D eigenvalue weighted by molar-refractivity contribution is -0.159. The number of nitrogens with zero attached hydrogens (tertiary/aromatic N) is 1. The number of carbonyl (C=O) groups is 2. The fourth-order valence-corrected chi connectivity index (χ4v) is 3.51. The first-order chi connectivity index (χ1) is 15.1. The van der Waals surface area contributed by atoms with Gasteiger partial charge in [-0.15, -0.1) is 0 Å². The van der Waals surface area contributed by atoms with Gasteiger partial charge in [0.15, 0.2) is 0 Å². The van der Waals surface area contributed by atoms with E-state index < -0.39 is 23.7 Å². The van der Waals surface area contributed by atoms with E-state index in [2.05, 4.69) is 11.8 Å². The molecule has 0 bridgehead atoms. The number of methoxy groups -OCH3 is 1. The van der Waals surface area contributed by atoms with E-state index in [1.807, 2.05) is 0 Å². The fourth-order valence-electron chi connectivity index (χ4n) is 3.51. The number of rotatable bonds is 9. The zero-order chi connectivity index (χ0) is 24.1. The number of hydrogen-bond donors (Lipinski definition) is 2. The van der Waals surface area contributed by atoms with Crippen molar-refractivity contribution in [3.05, 3.63) is 29.8 Å². The van der Waals surface area contributed by atoms with Crippen LogP contribution in [0.15, 0.2) is 24.3 Å². The molecule has 0 saturated carbocycles. The standard InChI is InChI=1S/C20H30F3NO2.C2H2O4/c1-3-4-5-11-24-12-9-16(19(15-24)25-2)10-13-26-18-8-6-7-17(14-18)20(21,22)23;3-1(4)2(5)6/h6-8,14,16,19H,3-5,9-13,15H2,1-2H3;(H,3,4)(H,5,6)/t16-,19-;/m0./s1. The zero-order valence-electron chi connectivity index (χ0n) is 18.4. The molecule has 1 aromatic carbocycles. The highest BCUT2D eigenvalue weighted by molar-refractivity contribution is 6.27. The van der Waals surface area contributed by atoms with Gasteiger partial charge in [0.25, 0.3) is 0 Å². The van der Waals surface area contributed by atoms with E-state index in [9.17, 15) is 13.2 Å². The molecule has 7 nitrogen and oxygen atoms in total. The topological polar surface area (TPSA) is 96.3 Å². The van der Waals surface area contributed by atoms with Crippen molar-refractivity contribution in [2.24, 2.45) is 5.92 Å². The van der Waals surface area contributed by atoms with E-state index in [0.29, 0.717) is 12.5 Å². The van der Waals surface area contributed by atoms with Gasteiger partial charge in [-0.2, -0.15) is 13.2 Å². The van der Waals surface area contributed by atoms with E-state index in [4.69, 9.17) is 29.3 Å². The number of hydrogen-bond acceptors (Lipinski definition) is 5. The summed E-state index contributed by atoms with van der Waals surface area (Å²) in [5, 5.41) is 14.8. The molecule has 0 aromatic heterocycles. The molecule has 1 heterocycles. The Kier molecular flexibility index (Phi) is 12.1. The Morgan fingerprint density at radius 3 is 2.44 bits per heavy atom. The van der Waals surface area contributed by atoms with Crippen LogP contribution in [0.1, 0.15) is 44.6 Å². The second-order valence-electron chi connectivity index (χ2n) is 7.60. The van der Waals surface area contributed by atoms with Gasteiger partial charge < -0.3 is 24.6 Å². The number of carboxylic acids is 2.